The Morgan fingerprint density at radius 3 is 2.48 bits per heavy atom. The highest BCUT2D eigenvalue weighted by atomic mass is 79.9. The zero-order chi connectivity index (χ0) is 18.7. The van der Waals surface area contributed by atoms with Crippen LogP contribution in [0.3, 0.4) is 0 Å². The van der Waals surface area contributed by atoms with E-state index in [1.807, 2.05) is 18.2 Å². The highest BCUT2D eigenvalue weighted by Gasteiger charge is 2.67. The highest BCUT2D eigenvalue weighted by Crippen LogP contribution is 2.65. The van der Waals surface area contributed by atoms with Crippen LogP contribution in [-0.2, 0) is 9.59 Å². The Balaban J connectivity index is 1.42. The molecule has 0 spiro atoms. The standard InChI is InChI=1S/C21H19BrN2O3/c1-2-7-27-17-6-3-12(22)8-11(17)10-23-24-20(25)18-13-4-5-14(16-9-15(13)16)19(18)21(24)26/h2-6,8,10,13-16,18-19H,1,7,9H2/b23-10-/t13-,14-,15-,16-,18+,19+/m0/s1. The molecule has 27 heavy (non-hydrogen) atoms. The predicted molar refractivity (Wildman–Crippen MR) is 104 cm³/mol. The molecule has 1 aromatic carbocycles. The molecule has 1 saturated heterocycles. The maximum atomic E-state index is 13.0. The predicted octanol–water partition coefficient (Wildman–Crippen LogP) is 3.40. The molecule has 3 fully saturated rings. The van der Waals surface area contributed by atoms with E-state index in [-0.39, 0.29) is 35.5 Å². The number of imide groups is 1. The molecule has 138 valence electrons. The van der Waals surface area contributed by atoms with E-state index in [9.17, 15) is 9.59 Å². The van der Waals surface area contributed by atoms with E-state index < -0.39 is 0 Å². The molecular formula is C21H19BrN2O3. The van der Waals surface area contributed by atoms with Crippen molar-refractivity contribution >= 4 is 34.0 Å². The summed E-state index contributed by atoms with van der Waals surface area (Å²) in [6.07, 6.45) is 8.67. The topological polar surface area (TPSA) is 59.0 Å². The number of hydrogen-bond donors (Lipinski definition) is 0. The van der Waals surface area contributed by atoms with Gasteiger partial charge in [0, 0.05) is 10.0 Å². The molecule has 4 aliphatic carbocycles. The molecule has 6 atom stereocenters. The molecule has 0 N–H and O–H groups in total. The third-order valence-electron chi connectivity index (χ3n) is 6.28. The Morgan fingerprint density at radius 2 is 1.85 bits per heavy atom. The Morgan fingerprint density at radius 1 is 1.19 bits per heavy atom. The highest BCUT2D eigenvalue weighted by molar-refractivity contribution is 9.10. The van der Waals surface area contributed by atoms with Gasteiger partial charge < -0.3 is 4.74 Å². The fourth-order valence-electron chi connectivity index (χ4n) is 5.08. The van der Waals surface area contributed by atoms with Crippen LogP contribution in [-0.4, -0.2) is 29.6 Å². The van der Waals surface area contributed by atoms with Gasteiger partial charge in [-0.2, -0.15) is 10.1 Å². The van der Waals surface area contributed by atoms with Crippen molar-refractivity contribution in [2.75, 3.05) is 6.61 Å². The van der Waals surface area contributed by atoms with Crippen molar-refractivity contribution in [1.29, 1.82) is 0 Å². The zero-order valence-electron chi connectivity index (χ0n) is 14.6. The monoisotopic (exact) mass is 426 g/mol. The van der Waals surface area contributed by atoms with Gasteiger partial charge in [0.2, 0.25) is 0 Å². The Labute approximate surface area is 165 Å². The van der Waals surface area contributed by atoms with Gasteiger partial charge in [-0.3, -0.25) is 9.59 Å². The summed E-state index contributed by atoms with van der Waals surface area (Å²) in [5.41, 5.74) is 0.700. The lowest BCUT2D eigenvalue weighted by Crippen LogP contribution is -2.40. The first-order valence-corrected chi connectivity index (χ1v) is 10.0. The van der Waals surface area contributed by atoms with E-state index in [1.54, 1.807) is 6.08 Å². The summed E-state index contributed by atoms with van der Waals surface area (Å²) in [4.78, 5) is 25.9. The van der Waals surface area contributed by atoms with Gasteiger partial charge in [-0.25, -0.2) is 0 Å². The summed E-state index contributed by atoms with van der Waals surface area (Å²) in [6, 6.07) is 5.53. The van der Waals surface area contributed by atoms with Crippen LogP contribution in [0.25, 0.3) is 0 Å². The Hall–Kier alpha value is -2.21. The average molecular weight is 427 g/mol. The maximum Gasteiger partial charge on any atom is 0.254 e. The smallest absolute Gasteiger partial charge is 0.254 e. The molecule has 1 aliphatic heterocycles. The van der Waals surface area contributed by atoms with Crippen molar-refractivity contribution in [3.63, 3.8) is 0 Å². The molecule has 2 amide bonds. The van der Waals surface area contributed by atoms with Crippen molar-refractivity contribution in [2.24, 2.45) is 40.6 Å². The van der Waals surface area contributed by atoms with Crippen molar-refractivity contribution in [3.05, 3.63) is 53.0 Å². The molecule has 0 radical (unpaired) electrons. The van der Waals surface area contributed by atoms with Crippen molar-refractivity contribution in [3.8, 4) is 5.75 Å². The van der Waals surface area contributed by atoms with E-state index in [0.717, 1.165) is 15.9 Å². The summed E-state index contributed by atoms with van der Waals surface area (Å²) in [6.45, 7) is 4.02. The molecule has 5 aliphatic rings. The third-order valence-corrected chi connectivity index (χ3v) is 6.77. The number of halogens is 1. The molecule has 5 nitrogen and oxygen atoms in total. The van der Waals surface area contributed by atoms with Crippen LogP contribution in [0.4, 0.5) is 0 Å². The van der Waals surface area contributed by atoms with Crippen LogP contribution in [0.1, 0.15) is 12.0 Å². The normalized spacial score (nSPS) is 35.5. The van der Waals surface area contributed by atoms with Crippen LogP contribution in [0.2, 0.25) is 0 Å². The number of rotatable bonds is 5. The maximum absolute atomic E-state index is 13.0. The van der Waals surface area contributed by atoms with Gasteiger partial charge in [-0.1, -0.05) is 40.7 Å². The lowest BCUT2D eigenvalue weighted by Gasteiger charge is -2.37. The van der Waals surface area contributed by atoms with Gasteiger partial charge in [0.15, 0.2) is 0 Å². The zero-order valence-corrected chi connectivity index (χ0v) is 16.2. The fourth-order valence-corrected chi connectivity index (χ4v) is 5.45. The fraction of sp³-hybridized carbons (Fsp3) is 0.381. The van der Waals surface area contributed by atoms with E-state index in [4.69, 9.17) is 4.74 Å². The van der Waals surface area contributed by atoms with E-state index in [2.05, 4.69) is 39.8 Å². The minimum Gasteiger partial charge on any atom is -0.489 e. The van der Waals surface area contributed by atoms with Gasteiger partial charge >= 0.3 is 0 Å². The molecular weight excluding hydrogens is 408 g/mol. The number of ether oxygens (including phenoxy) is 1. The summed E-state index contributed by atoms with van der Waals surface area (Å²) in [7, 11) is 0. The number of nitrogens with zero attached hydrogens (tertiary/aromatic N) is 2. The van der Waals surface area contributed by atoms with Crippen molar-refractivity contribution < 1.29 is 14.3 Å². The van der Waals surface area contributed by atoms with Gasteiger partial charge in [-0.05, 0) is 48.3 Å². The first-order chi connectivity index (χ1) is 13.1. The molecule has 0 aromatic heterocycles. The molecule has 6 rings (SSSR count). The van der Waals surface area contributed by atoms with E-state index in [1.165, 1.54) is 6.21 Å². The van der Waals surface area contributed by atoms with Crippen LogP contribution in [0.5, 0.6) is 5.75 Å². The van der Waals surface area contributed by atoms with E-state index >= 15 is 0 Å². The number of carbonyl (C=O) groups excluding carboxylic acids is 2. The second-order valence-electron chi connectivity index (χ2n) is 7.67. The summed E-state index contributed by atoms with van der Waals surface area (Å²) >= 11 is 3.43. The van der Waals surface area contributed by atoms with Gasteiger partial charge in [-0.15, -0.1) is 0 Å². The van der Waals surface area contributed by atoms with Gasteiger partial charge in [0.25, 0.3) is 11.8 Å². The van der Waals surface area contributed by atoms with Crippen LogP contribution in [0, 0.1) is 35.5 Å². The summed E-state index contributed by atoms with van der Waals surface area (Å²) in [5, 5.41) is 5.37. The Bertz CT molecular complexity index is 873. The lowest BCUT2D eigenvalue weighted by atomic mass is 9.63. The van der Waals surface area contributed by atoms with Crippen molar-refractivity contribution in [1.82, 2.24) is 5.01 Å². The lowest BCUT2D eigenvalue weighted by molar-refractivity contribution is -0.140. The molecule has 6 heteroatoms. The first-order valence-electron chi connectivity index (χ1n) is 9.23. The quantitative estimate of drug-likeness (QED) is 0.411. The minimum absolute atomic E-state index is 0.158. The molecule has 1 aromatic rings. The van der Waals surface area contributed by atoms with Gasteiger partial charge in [0.05, 0.1) is 18.1 Å². The number of carbonyl (C=O) groups is 2. The molecule has 2 bridgehead atoms. The number of allylic oxidation sites excluding steroid dienone is 2. The SMILES string of the molecule is C=CCOc1ccc(Br)cc1/C=N\N1C(=O)[C@@H]2[C@H]3C=C[C@@H]([C@@H]4C[C@@H]34)[C@H]2C1=O. The second kappa shape index (κ2) is 6.16. The van der Waals surface area contributed by atoms with Crippen LogP contribution < -0.4 is 4.74 Å². The molecule has 1 heterocycles. The number of hydrogen-bond acceptors (Lipinski definition) is 4. The van der Waals surface area contributed by atoms with Gasteiger partial charge in [0.1, 0.15) is 12.4 Å². The second-order valence-corrected chi connectivity index (χ2v) is 8.58. The number of hydrazone groups is 1. The van der Waals surface area contributed by atoms with Crippen LogP contribution in [0.15, 0.2) is 52.6 Å². The first kappa shape index (κ1) is 16.9. The number of benzene rings is 1. The number of amides is 2. The largest absolute Gasteiger partial charge is 0.489 e. The molecule has 0 unspecified atom stereocenters. The van der Waals surface area contributed by atoms with E-state index in [0.29, 0.717) is 29.8 Å². The summed E-state index contributed by atoms with van der Waals surface area (Å²) < 4.78 is 6.51. The third kappa shape index (κ3) is 2.53. The molecule has 2 saturated carbocycles. The Kier molecular flexibility index (Phi) is 3.86. The van der Waals surface area contributed by atoms with Crippen LogP contribution >= 0.6 is 15.9 Å². The average Bonchev–Trinajstić information content (AvgIpc) is 3.45. The summed E-state index contributed by atoms with van der Waals surface area (Å²) in [5.74, 6) is 1.44. The van der Waals surface area contributed by atoms with Crippen molar-refractivity contribution in [2.45, 2.75) is 6.42 Å². The minimum atomic E-state index is -0.229.